The summed E-state index contributed by atoms with van der Waals surface area (Å²) < 4.78 is 13.1. The molecule has 3 aromatic rings. The maximum Gasteiger partial charge on any atom is 0.278 e. The van der Waals surface area contributed by atoms with Gasteiger partial charge in [-0.15, -0.1) is 0 Å². The molecule has 170 valence electrons. The van der Waals surface area contributed by atoms with E-state index in [1.54, 1.807) is 12.1 Å². The van der Waals surface area contributed by atoms with Crippen molar-refractivity contribution in [3.8, 4) is 6.07 Å². The molecule has 0 bridgehead atoms. The number of nitriles is 1. The Balaban J connectivity index is 1.56. The molecule has 7 nitrogen and oxygen atoms in total. The lowest BCUT2D eigenvalue weighted by atomic mass is 10.1. The second-order valence-corrected chi connectivity index (χ2v) is 8.05. The third kappa shape index (κ3) is 5.05. The van der Waals surface area contributed by atoms with Gasteiger partial charge in [0.15, 0.2) is 0 Å². The number of aliphatic imine (C=N–C) groups is 2. The van der Waals surface area contributed by atoms with E-state index < -0.39 is 12.0 Å². The number of amidine groups is 1. The van der Waals surface area contributed by atoms with Crippen molar-refractivity contribution in [1.82, 2.24) is 9.88 Å². The van der Waals surface area contributed by atoms with E-state index in [1.165, 1.54) is 30.5 Å². The molecule has 0 saturated carbocycles. The lowest BCUT2D eigenvalue weighted by molar-refractivity contribution is 0.100. The van der Waals surface area contributed by atoms with Crippen molar-refractivity contribution in [2.24, 2.45) is 9.98 Å². The molecule has 1 heterocycles. The Labute approximate surface area is 196 Å². The van der Waals surface area contributed by atoms with Gasteiger partial charge >= 0.3 is 0 Å². The van der Waals surface area contributed by atoms with Crippen LogP contribution in [-0.2, 0) is 13.0 Å². The molecule has 0 spiro atoms. The molecule has 0 fully saturated rings. The minimum atomic E-state index is -0.897. The topological polar surface area (TPSA) is 102 Å². The van der Waals surface area contributed by atoms with E-state index in [4.69, 9.17) is 5.26 Å². The highest BCUT2D eigenvalue weighted by atomic mass is 19.1. The van der Waals surface area contributed by atoms with Gasteiger partial charge < -0.3 is 10.0 Å². The standard InChI is InChI=1S/C26H22FN5O2/c1-16(32(2)15-17-3-7-20(27)8-4-17)30-21-9-5-18-11-24(33)25(23(18)12-21)31-26(34)19-6-10-22(13-28)29-14-19/h3-10,12,14,24,33H,11,15H2,1-2H3/t24-/m1/s1. The number of pyridine rings is 1. The predicted molar refractivity (Wildman–Crippen MR) is 127 cm³/mol. The largest absolute Gasteiger partial charge is 0.386 e. The van der Waals surface area contributed by atoms with Crippen LogP contribution in [-0.4, -0.2) is 45.6 Å². The zero-order chi connectivity index (χ0) is 24.2. The minimum absolute atomic E-state index is 0.206. The normalized spacial score (nSPS) is 16.3. The smallest absolute Gasteiger partial charge is 0.278 e. The number of carbonyl (C=O) groups excluding carboxylic acids is 1. The van der Waals surface area contributed by atoms with E-state index in [9.17, 15) is 14.3 Å². The van der Waals surface area contributed by atoms with E-state index in [0.717, 1.165) is 17.0 Å². The average molecular weight is 455 g/mol. The fraction of sp³-hybridized carbons (Fsp3) is 0.192. The molecule has 1 N–H and O–H groups in total. The average Bonchev–Trinajstić information content (AvgIpc) is 3.14. The van der Waals surface area contributed by atoms with Gasteiger partial charge in [0.2, 0.25) is 0 Å². The van der Waals surface area contributed by atoms with E-state index >= 15 is 0 Å². The van der Waals surface area contributed by atoms with Crippen molar-refractivity contribution in [2.75, 3.05) is 7.05 Å². The first kappa shape index (κ1) is 23.0. The molecule has 2 aromatic carbocycles. The Kier molecular flexibility index (Phi) is 6.57. The molecule has 8 heteroatoms. The molecule has 1 amide bonds. The summed E-state index contributed by atoms with van der Waals surface area (Å²) in [5.41, 5.74) is 3.92. The molecule has 1 atom stereocenters. The maximum atomic E-state index is 13.1. The number of halogens is 1. The van der Waals surface area contributed by atoms with Crippen LogP contribution >= 0.6 is 0 Å². The Hall–Kier alpha value is -4.22. The van der Waals surface area contributed by atoms with Gasteiger partial charge in [-0.2, -0.15) is 5.26 Å². The Morgan fingerprint density at radius 2 is 2.00 bits per heavy atom. The maximum absolute atomic E-state index is 13.1. The third-order valence-electron chi connectivity index (χ3n) is 5.62. The van der Waals surface area contributed by atoms with Gasteiger partial charge in [-0.25, -0.2) is 19.4 Å². The predicted octanol–water partition coefficient (Wildman–Crippen LogP) is 3.82. The molecule has 1 aromatic heterocycles. The van der Waals surface area contributed by atoms with E-state index in [2.05, 4.69) is 15.0 Å². The fourth-order valence-corrected chi connectivity index (χ4v) is 3.68. The number of amides is 1. The van der Waals surface area contributed by atoms with E-state index in [0.29, 0.717) is 29.9 Å². The van der Waals surface area contributed by atoms with Gasteiger partial charge in [0.05, 0.1) is 17.0 Å². The summed E-state index contributed by atoms with van der Waals surface area (Å²) >= 11 is 0. The lowest BCUT2D eigenvalue weighted by Crippen LogP contribution is -2.23. The van der Waals surface area contributed by atoms with Gasteiger partial charge in [0, 0.05) is 31.8 Å². The zero-order valence-corrected chi connectivity index (χ0v) is 18.7. The zero-order valence-electron chi connectivity index (χ0n) is 18.7. The number of hydrogen-bond donors (Lipinski definition) is 1. The van der Waals surface area contributed by atoms with Gasteiger partial charge in [0.25, 0.3) is 5.91 Å². The summed E-state index contributed by atoms with van der Waals surface area (Å²) in [7, 11) is 1.90. The fourth-order valence-electron chi connectivity index (χ4n) is 3.68. The van der Waals surface area contributed by atoms with Crippen molar-refractivity contribution in [1.29, 1.82) is 5.26 Å². The monoisotopic (exact) mass is 455 g/mol. The summed E-state index contributed by atoms with van der Waals surface area (Å²) in [5.74, 6) is -0.0624. The number of carbonyl (C=O) groups is 1. The van der Waals surface area contributed by atoms with E-state index in [1.807, 2.05) is 43.1 Å². The van der Waals surface area contributed by atoms with Crippen LogP contribution < -0.4 is 0 Å². The van der Waals surface area contributed by atoms with Gasteiger partial charge in [-0.3, -0.25) is 4.79 Å². The molecule has 34 heavy (non-hydrogen) atoms. The second-order valence-electron chi connectivity index (χ2n) is 8.05. The van der Waals surface area contributed by atoms with Crippen molar-refractivity contribution in [2.45, 2.75) is 26.0 Å². The molecular formula is C26H22FN5O2. The van der Waals surface area contributed by atoms with Crippen LogP contribution in [0.15, 0.2) is 70.8 Å². The summed E-state index contributed by atoms with van der Waals surface area (Å²) in [4.78, 5) is 27.3. The summed E-state index contributed by atoms with van der Waals surface area (Å²) in [5, 5.41) is 19.4. The molecular weight excluding hydrogens is 433 g/mol. The van der Waals surface area contributed by atoms with Crippen molar-refractivity contribution in [3.63, 3.8) is 0 Å². The number of aromatic nitrogens is 1. The quantitative estimate of drug-likeness (QED) is 0.476. The highest BCUT2D eigenvalue weighted by Gasteiger charge is 2.28. The highest BCUT2D eigenvalue weighted by Crippen LogP contribution is 2.28. The molecule has 0 aliphatic heterocycles. The minimum Gasteiger partial charge on any atom is -0.386 e. The second kappa shape index (κ2) is 9.73. The summed E-state index contributed by atoms with van der Waals surface area (Å²) in [6.07, 6.45) is 0.765. The van der Waals surface area contributed by atoms with Gasteiger partial charge in [-0.1, -0.05) is 18.2 Å². The van der Waals surface area contributed by atoms with Crippen molar-refractivity contribution < 1.29 is 14.3 Å². The molecule has 1 aliphatic carbocycles. The van der Waals surface area contributed by atoms with Crippen LogP contribution in [0.4, 0.5) is 10.1 Å². The van der Waals surface area contributed by atoms with Crippen LogP contribution in [0.5, 0.6) is 0 Å². The molecule has 0 saturated heterocycles. The highest BCUT2D eigenvalue weighted by molar-refractivity contribution is 6.15. The van der Waals surface area contributed by atoms with Gasteiger partial charge in [-0.05, 0) is 54.4 Å². The first-order valence-corrected chi connectivity index (χ1v) is 10.7. The molecule has 1 aliphatic rings. The van der Waals surface area contributed by atoms with Crippen LogP contribution in [0.25, 0.3) is 0 Å². The summed E-state index contributed by atoms with van der Waals surface area (Å²) in [6, 6.07) is 16.7. The van der Waals surface area contributed by atoms with Gasteiger partial charge in [0.1, 0.15) is 29.5 Å². The third-order valence-corrected chi connectivity index (χ3v) is 5.62. The Bertz CT molecular complexity index is 1320. The number of benzene rings is 2. The summed E-state index contributed by atoms with van der Waals surface area (Å²) in [6.45, 7) is 2.45. The van der Waals surface area contributed by atoms with Crippen LogP contribution in [0.1, 0.15) is 39.7 Å². The number of fused-ring (bicyclic) bond motifs is 1. The van der Waals surface area contributed by atoms with Crippen LogP contribution in [0.3, 0.4) is 0 Å². The lowest BCUT2D eigenvalue weighted by Gasteiger charge is -2.19. The number of aliphatic hydroxyl groups excluding tert-OH is 1. The molecule has 0 unspecified atom stereocenters. The molecule has 4 rings (SSSR count). The number of nitrogens with zero attached hydrogens (tertiary/aromatic N) is 5. The van der Waals surface area contributed by atoms with Crippen molar-refractivity contribution >= 4 is 23.1 Å². The van der Waals surface area contributed by atoms with Crippen molar-refractivity contribution in [3.05, 3.63) is 94.6 Å². The number of hydrogen-bond acceptors (Lipinski definition) is 5. The SMILES string of the molecule is CC(=Nc1ccc2c(c1)C(=NC(=O)c1ccc(C#N)nc1)[C@H](O)C2)N(C)Cc1ccc(F)cc1. The van der Waals surface area contributed by atoms with Crippen LogP contribution in [0.2, 0.25) is 0 Å². The Morgan fingerprint density at radius 3 is 2.68 bits per heavy atom. The number of rotatable bonds is 4. The molecule has 0 radical (unpaired) electrons. The van der Waals surface area contributed by atoms with E-state index in [-0.39, 0.29) is 17.1 Å². The Morgan fingerprint density at radius 1 is 1.24 bits per heavy atom. The first-order valence-electron chi connectivity index (χ1n) is 10.7. The number of aliphatic hydroxyl groups is 1. The van der Waals surface area contributed by atoms with Crippen LogP contribution in [0, 0.1) is 17.1 Å². The first-order chi connectivity index (χ1) is 16.3.